The number of carbonyl (C=O) groups is 2. The smallest absolute Gasteiger partial charge is 0.256 e. The van der Waals surface area contributed by atoms with Crippen molar-refractivity contribution in [2.45, 2.75) is 13.1 Å². The molecule has 0 atom stereocenters. The standard InChI is InChI=1S/C22H20N6O2/c1-13(8-23)10-27-11-17-16(5-6-18(24)21(17)22(27)30)14-3-4-15-9-26-28(19(15)7-14)12-20(29)25-2/h3-7,9H,1,10-12,24H2,2H3,(H,25,29). The summed E-state index contributed by atoms with van der Waals surface area (Å²) in [6.45, 7) is 4.31. The van der Waals surface area contributed by atoms with Crippen LogP contribution in [0.2, 0.25) is 0 Å². The first-order valence-electron chi connectivity index (χ1n) is 9.38. The van der Waals surface area contributed by atoms with E-state index >= 15 is 0 Å². The molecule has 0 saturated heterocycles. The zero-order valence-electron chi connectivity index (χ0n) is 16.5. The molecule has 0 radical (unpaired) electrons. The van der Waals surface area contributed by atoms with Gasteiger partial charge in [-0.15, -0.1) is 0 Å². The highest BCUT2D eigenvalue weighted by Gasteiger charge is 2.32. The number of aromatic nitrogens is 2. The van der Waals surface area contributed by atoms with E-state index in [1.807, 2.05) is 30.3 Å². The zero-order chi connectivity index (χ0) is 21.4. The summed E-state index contributed by atoms with van der Waals surface area (Å²) in [6, 6.07) is 11.5. The number of carbonyl (C=O) groups excluding carboxylic acids is 2. The van der Waals surface area contributed by atoms with Crippen molar-refractivity contribution >= 4 is 28.4 Å². The summed E-state index contributed by atoms with van der Waals surface area (Å²) in [5.74, 6) is -0.343. The third-order valence-corrected chi connectivity index (χ3v) is 5.26. The number of rotatable bonds is 5. The normalized spacial score (nSPS) is 12.7. The second-order valence-corrected chi connectivity index (χ2v) is 7.18. The minimum atomic E-state index is -0.202. The molecule has 30 heavy (non-hydrogen) atoms. The number of hydrogen-bond acceptors (Lipinski definition) is 5. The third kappa shape index (κ3) is 3.16. The summed E-state index contributed by atoms with van der Waals surface area (Å²) in [5, 5.41) is 16.8. The van der Waals surface area contributed by atoms with Gasteiger partial charge in [0.05, 0.1) is 29.9 Å². The number of nitrogens with one attached hydrogen (secondary N) is 1. The molecular formula is C22H20N6O2. The summed E-state index contributed by atoms with van der Waals surface area (Å²) in [5.41, 5.74) is 10.7. The molecule has 0 saturated carbocycles. The van der Waals surface area contributed by atoms with E-state index in [0.29, 0.717) is 23.4 Å². The molecule has 1 aliphatic heterocycles. The molecule has 4 rings (SSSR count). The van der Waals surface area contributed by atoms with Crippen molar-refractivity contribution in [3.05, 3.63) is 59.8 Å². The highest BCUT2D eigenvalue weighted by Crippen LogP contribution is 2.37. The summed E-state index contributed by atoms with van der Waals surface area (Å²) in [7, 11) is 1.58. The van der Waals surface area contributed by atoms with Crippen LogP contribution in [0.4, 0.5) is 5.69 Å². The summed E-state index contributed by atoms with van der Waals surface area (Å²) >= 11 is 0. The Morgan fingerprint density at radius 2 is 2.13 bits per heavy atom. The van der Waals surface area contributed by atoms with Gasteiger partial charge in [0.15, 0.2) is 0 Å². The maximum atomic E-state index is 12.9. The van der Waals surface area contributed by atoms with Crippen LogP contribution < -0.4 is 11.1 Å². The summed E-state index contributed by atoms with van der Waals surface area (Å²) in [6.07, 6.45) is 1.72. The average Bonchev–Trinajstić information content (AvgIpc) is 3.29. The van der Waals surface area contributed by atoms with E-state index in [-0.39, 0.29) is 24.9 Å². The van der Waals surface area contributed by atoms with Gasteiger partial charge in [-0.2, -0.15) is 10.4 Å². The molecule has 0 fully saturated rings. The Morgan fingerprint density at radius 3 is 2.87 bits per heavy atom. The second kappa shape index (κ2) is 7.37. The molecule has 8 heteroatoms. The van der Waals surface area contributed by atoms with Gasteiger partial charge in [0, 0.05) is 30.2 Å². The molecule has 2 amide bonds. The van der Waals surface area contributed by atoms with Gasteiger partial charge in [-0.05, 0) is 28.8 Å². The van der Waals surface area contributed by atoms with E-state index in [1.165, 1.54) is 0 Å². The van der Waals surface area contributed by atoms with Crippen molar-refractivity contribution in [2.75, 3.05) is 19.3 Å². The lowest BCUT2D eigenvalue weighted by Gasteiger charge is -2.14. The Labute approximate surface area is 173 Å². The van der Waals surface area contributed by atoms with Crippen molar-refractivity contribution in [1.29, 1.82) is 5.26 Å². The highest BCUT2D eigenvalue weighted by atomic mass is 16.2. The van der Waals surface area contributed by atoms with E-state index in [2.05, 4.69) is 17.0 Å². The van der Waals surface area contributed by atoms with Crippen LogP contribution in [0.25, 0.3) is 22.0 Å². The maximum absolute atomic E-state index is 12.9. The molecule has 0 unspecified atom stereocenters. The Balaban J connectivity index is 1.78. The van der Waals surface area contributed by atoms with Gasteiger partial charge in [0.2, 0.25) is 5.91 Å². The van der Waals surface area contributed by atoms with E-state index < -0.39 is 0 Å². The zero-order valence-corrected chi connectivity index (χ0v) is 16.5. The average molecular weight is 400 g/mol. The monoisotopic (exact) mass is 400 g/mol. The first-order chi connectivity index (χ1) is 14.4. The molecule has 3 N–H and O–H groups in total. The SMILES string of the molecule is C=C(C#N)CN1Cc2c(-c3ccc4cnn(CC(=O)NC)c4c3)ccc(N)c2C1=O. The molecule has 2 aromatic carbocycles. The molecule has 8 nitrogen and oxygen atoms in total. The fourth-order valence-electron chi connectivity index (χ4n) is 3.75. The van der Waals surface area contributed by atoms with Gasteiger partial charge in [-0.3, -0.25) is 14.3 Å². The number of nitrogen functional groups attached to an aromatic ring is 1. The minimum Gasteiger partial charge on any atom is -0.398 e. The van der Waals surface area contributed by atoms with Gasteiger partial charge >= 0.3 is 0 Å². The van der Waals surface area contributed by atoms with Crippen LogP contribution in [-0.4, -0.2) is 40.1 Å². The molecule has 1 aliphatic rings. The molecule has 0 aliphatic carbocycles. The number of likely N-dealkylation sites (N-methyl/N-ethyl adjacent to an activating group) is 1. The number of nitriles is 1. The topological polar surface area (TPSA) is 117 Å². The molecule has 150 valence electrons. The fourth-order valence-corrected chi connectivity index (χ4v) is 3.75. The highest BCUT2D eigenvalue weighted by molar-refractivity contribution is 6.05. The van der Waals surface area contributed by atoms with Gasteiger partial charge in [0.25, 0.3) is 5.91 Å². The molecule has 2 heterocycles. The second-order valence-electron chi connectivity index (χ2n) is 7.18. The van der Waals surface area contributed by atoms with E-state index in [1.54, 1.807) is 28.9 Å². The van der Waals surface area contributed by atoms with E-state index in [0.717, 1.165) is 27.6 Å². The minimum absolute atomic E-state index is 0.117. The molecule has 1 aromatic heterocycles. The van der Waals surface area contributed by atoms with Crippen molar-refractivity contribution < 1.29 is 9.59 Å². The Hall–Kier alpha value is -4.12. The summed E-state index contributed by atoms with van der Waals surface area (Å²) < 4.78 is 1.64. The lowest BCUT2D eigenvalue weighted by Crippen LogP contribution is -2.26. The number of hydrogen-bond donors (Lipinski definition) is 2. The number of fused-ring (bicyclic) bond motifs is 2. The number of nitrogens with zero attached hydrogens (tertiary/aromatic N) is 4. The number of nitrogens with two attached hydrogens (primary N) is 1. The number of benzene rings is 2. The molecular weight excluding hydrogens is 380 g/mol. The quantitative estimate of drug-likeness (QED) is 0.502. The van der Waals surface area contributed by atoms with E-state index in [4.69, 9.17) is 11.0 Å². The Bertz CT molecular complexity index is 1250. The maximum Gasteiger partial charge on any atom is 0.256 e. The molecule has 0 spiro atoms. The van der Waals surface area contributed by atoms with Crippen LogP contribution in [0, 0.1) is 11.3 Å². The third-order valence-electron chi connectivity index (χ3n) is 5.26. The van der Waals surface area contributed by atoms with Crippen molar-refractivity contribution in [1.82, 2.24) is 20.0 Å². The van der Waals surface area contributed by atoms with Crippen LogP contribution >= 0.6 is 0 Å². The van der Waals surface area contributed by atoms with Crippen LogP contribution in [0.5, 0.6) is 0 Å². The summed E-state index contributed by atoms with van der Waals surface area (Å²) in [4.78, 5) is 26.2. The predicted octanol–water partition coefficient (Wildman–Crippen LogP) is 2.07. The Morgan fingerprint density at radius 1 is 1.33 bits per heavy atom. The van der Waals surface area contributed by atoms with Crippen molar-refractivity contribution in [2.24, 2.45) is 0 Å². The van der Waals surface area contributed by atoms with Gasteiger partial charge < -0.3 is 16.0 Å². The lowest BCUT2D eigenvalue weighted by molar-refractivity contribution is -0.121. The van der Waals surface area contributed by atoms with Gasteiger partial charge in [0.1, 0.15) is 6.54 Å². The van der Waals surface area contributed by atoms with Crippen LogP contribution in [0.3, 0.4) is 0 Å². The van der Waals surface area contributed by atoms with E-state index in [9.17, 15) is 9.59 Å². The first kappa shape index (κ1) is 19.2. The molecule has 3 aromatic rings. The Kier molecular flexibility index (Phi) is 4.72. The van der Waals surface area contributed by atoms with Crippen LogP contribution in [0.1, 0.15) is 15.9 Å². The molecule has 0 bridgehead atoms. The van der Waals surface area contributed by atoms with Crippen LogP contribution in [0.15, 0.2) is 48.7 Å². The number of anilines is 1. The number of amides is 2. The predicted molar refractivity (Wildman–Crippen MR) is 113 cm³/mol. The van der Waals surface area contributed by atoms with Gasteiger partial charge in [-0.25, -0.2) is 0 Å². The van der Waals surface area contributed by atoms with Crippen molar-refractivity contribution in [3.63, 3.8) is 0 Å². The lowest BCUT2D eigenvalue weighted by atomic mass is 9.95. The largest absolute Gasteiger partial charge is 0.398 e. The van der Waals surface area contributed by atoms with Crippen molar-refractivity contribution in [3.8, 4) is 17.2 Å². The van der Waals surface area contributed by atoms with Gasteiger partial charge in [-0.1, -0.05) is 24.8 Å². The first-order valence-corrected chi connectivity index (χ1v) is 9.38. The fraction of sp³-hybridized carbons (Fsp3) is 0.182. The van der Waals surface area contributed by atoms with Crippen LogP contribution in [-0.2, 0) is 17.9 Å².